The Morgan fingerprint density at radius 3 is 2.53 bits per heavy atom. The summed E-state index contributed by atoms with van der Waals surface area (Å²) in [7, 11) is 0. The fourth-order valence-electron chi connectivity index (χ4n) is 1.47. The SMILES string of the molecule is CC(C)CC[C@H](N)c1ccc(Cl)cc1Br. The second-order valence-corrected chi connectivity index (χ2v) is 5.53. The van der Waals surface area contributed by atoms with E-state index in [9.17, 15) is 0 Å². The Morgan fingerprint density at radius 1 is 1.33 bits per heavy atom. The molecule has 1 atom stereocenters. The van der Waals surface area contributed by atoms with Crippen molar-refractivity contribution in [3.05, 3.63) is 33.3 Å². The fourth-order valence-corrected chi connectivity index (χ4v) is 2.45. The molecule has 0 radical (unpaired) electrons. The van der Waals surface area contributed by atoms with Crippen molar-refractivity contribution < 1.29 is 0 Å². The Hall–Kier alpha value is -0.0500. The number of hydrogen-bond acceptors (Lipinski definition) is 1. The van der Waals surface area contributed by atoms with Gasteiger partial charge in [-0.25, -0.2) is 0 Å². The second kappa shape index (κ2) is 5.88. The number of benzene rings is 1. The van der Waals surface area contributed by atoms with Gasteiger partial charge in [0.05, 0.1) is 0 Å². The molecule has 0 aliphatic heterocycles. The molecule has 0 saturated heterocycles. The molecular formula is C12H17BrClN. The van der Waals surface area contributed by atoms with Gasteiger partial charge < -0.3 is 5.73 Å². The lowest BCUT2D eigenvalue weighted by Gasteiger charge is -2.15. The maximum absolute atomic E-state index is 6.12. The van der Waals surface area contributed by atoms with Gasteiger partial charge in [-0.3, -0.25) is 0 Å². The number of rotatable bonds is 4. The van der Waals surface area contributed by atoms with Gasteiger partial charge >= 0.3 is 0 Å². The van der Waals surface area contributed by atoms with E-state index in [0.29, 0.717) is 5.92 Å². The zero-order chi connectivity index (χ0) is 11.4. The van der Waals surface area contributed by atoms with E-state index in [1.807, 2.05) is 18.2 Å². The Morgan fingerprint density at radius 2 is 2.00 bits per heavy atom. The van der Waals surface area contributed by atoms with E-state index in [2.05, 4.69) is 29.8 Å². The van der Waals surface area contributed by atoms with Crippen LogP contribution in [0.2, 0.25) is 5.02 Å². The van der Waals surface area contributed by atoms with Crippen LogP contribution in [0, 0.1) is 5.92 Å². The summed E-state index contributed by atoms with van der Waals surface area (Å²) in [5.41, 5.74) is 7.26. The molecule has 84 valence electrons. The van der Waals surface area contributed by atoms with Crippen LogP contribution in [0.25, 0.3) is 0 Å². The maximum atomic E-state index is 6.12. The molecule has 0 aliphatic carbocycles. The summed E-state index contributed by atoms with van der Waals surface area (Å²) in [6.45, 7) is 4.42. The van der Waals surface area contributed by atoms with Crippen molar-refractivity contribution in [1.82, 2.24) is 0 Å². The molecule has 0 saturated carbocycles. The minimum Gasteiger partial charge on any atom is -0.324 e. The predicted molar refractivity (Wildman–Crippen MR) is 70.2 cm³/mol. The average Bonchev–Trinajstić information content (AvgIpc) is 2.14. The highest BCUT2D eigenvalue weighted by atomic mass is 79.9. The summed E-state index contributed by atoms with van der Waals surface area (Å²) >= 11 is 9.37. The first-order valence-corrected chi connectivity index (χ1v) is 6.38. The third kappa shape index (κ3) is 4.13. The number of halogens is 2. The monoisotopic (exact) mass is 289 g/mol. The molecule has 0 fully saturated rings. The summed E-state index contributed by atoms with van der Waals surface area (Å²) in [5, 5.41) is 0.738. The van der Waals surface area contributed by atoms with Crippen molar-refractivity contribution in [3.8, 4) is 0 Å². The molecule has 0 aromatic heterocycles. The maximum Gasteiger partial charge on any atom is 0.0417 e. The standard InChI is InChI=1S/C12H17BrClN/c1-8(2)3-6-12(15)10-5-4-9(14)7-11(10)13/h4-5,7-8,12H,3,6,15H2,1-2H3/t12-/m0/s1. The van der Waals surface area contributed by atoms with Crippen molar-refractivity contribution in [2.45, 2.75) is 32.7 Å². The molecule has 2 N–H and O–H groups in total. The van der Waals surface area contributed by atoms with Gasteiger partial charge in [0, 0.05) is 15.5 Å². The van der Waals surface area contributed by atoms with E-state index in [4.69, 9.17) is 17.3 Å². The first-order chi connectivity index (χ1) is 7.00. The van der Waals surface area contributed by atoms with Gasteiger partial charge in [0.2, 0.25) is 0 Å². The highest BCUT2D eigenvalue weighted by Gasteiger charge is 2.10. The molecule has 0 spiro atoms. The molecule has 15 heavy (non-hydrogen) atoms. The molecule has 0 aliphatic rings. The lowest BCUT2D eigenvalue weighted by atomic mass is 9.98. The largest absolute Gasteiger partial charge is 0.324 e. The van der Waals surface area contributed by atoms with Crippen molar-refractivity contribution in [1.29, 1.82) is 0 Å². The molecule has 0 amide bonds. The van der Waals surface area contributed by atoms with Gasteiger partial charge in [-0.15, -0.1) is 0 Å². The molecule has 0 heterocycles. The molecule has 3 heteroatoms. The third-order valence-corrected chi connectivity index (χ3v) is 3.34. The predicted octanol–water partition coefficient (Wildman–Crippen LogP) is 4.54. The lowest BCUT2D eigenvalue weighted by Crippen LogP contribution is -2.11. The van der Waals surface area contributed by atoms with E-state index in [1.54, 1.807) is 0 Å². The highest BCUT2D eigenvalue weighted by Crippen LogP contribution is 2.28. The molecule has 1 aromatic rings. The highest BCUT2D eigenvalue weighted by molar-refractivity contribution is 9.10. The van der Waals surface area contributed by atoms with Gasteiger partial charge in [-0.1, -0.05) is 47.4 Å². The first kappa shape index (κ1) is 13.0. The molecule has 0 unspecified atom stereocenters. The summed E-state index contributed by atoms with van der Waals surface area (Å²) in [5.74, 6) is 0.696. The quantitative estimate of drug-likeness (QED) is 0.865. The molecule has 1 rings (SSSR count). The molecule has 0 bridgehead atoms. The van der Waals surface area contributed by atoms with Crippen LogP contribution in [0.1, 0.15) is 38.3 Å². The van der Waals surface area contributed by atoms with Crippen LogP contribution in [0.5, 0.6) is 0 Å². The van der Waals surface area contributed by atoms with Crippen LogP contribution >= 0.6 is 27.5 Å². The first-order valence-electron chi connectivity index (χ1n) is 5.21. The third-order valence-electron chi connectivity index (χ3n) is 2.42. The Bertz CT molecular complexity index is 325. The topological polar surface area (TPSA) is 26.0 Å². The molecule has 1 aromatic carbocycles. The van der Waals surface area contributed by atoms with Gasteiger partial charge in [0.15, 0.2) is 0 Å². The van der Waals surface area contributed by atoms with E-state index in [1.165, 1.54) is 0 Å². The Kier molecular flexibility index (Phi) is 5.10. The van der Waals surface area contributed by atoms with Crippen LogP contribution in [0.4, 0.5) is 0 Å². The normalized spacial score (nSPS) is 13.2. The summed E-state index contributed by atoms with van der Waals surface area (Å²) in [6, 6.07) is 5.87. The smallest absolute Gasteiger partial charge is 0.0417 e. The minimum absolute atomic E-state index is 0.0963. The van der Waals surface area contributed by atoms with Gasteiger partial charge in [0.25, 0.3) is 0 Å². The van der Waals surface area contributed by atoms with E-state index in [0.717, 1.165) is 27.9 Å². The van der Waals surface area contributed by atoms with Gasteiger partial charge in [-0.2, -0.15) is 0 Å². The summed E-state index contributed by atoms with van der Waals surface area (Å²) in [6.07, 6.45) is 2.16. The zero-order valence-corrected chi connectivity index (χ0v) is 11.5. The Balaban J connectivity index is 2.69. The fraction of sp³-hybridized carbons (Fsp3) is 0.500. The van der Waals surface area contributed by atoms with Crippen molar-refractivity contribution in [2.24, 2.45) is 11.7 Å². The van der Waals surface area contributed by atoms with Crippen LogP contribution in [0.15, 0.2) is 22.7 Å². The van der Waals surface area contributed by atoms with Crippen molar-refractivity contribution in [3.63, 3.8) is 0 Å². The second-order valence-electron chi connectivity index (χ2n) is 4.24. The van der Waals surface area contributed by atoms with E-state index in [-0.39, 0.29) is 6.04 Å². The van der Waals surface area contributed by atoms with Gasteiger partial charge in [-0.05, 0) is 36.5 Å². The molecular weight excluding hydrogens is 273 g/mol. The average molecular weight is 291 g/mol. The van der Waals surface area contributed by atoms with Crippen molar-refractivity contribution in [2.75, 3.05) is 0 Å². The summed E-state index contributed by atoms with van der Waals surface area (Å²) in [4.78, 5) is 0. The number of nitrogens with two attached hydrogens (primary N) is 1. The van der Waals surface area contributed by atoms with Crippen molar-refractivity contribution >= 4 is 27.5 Å². The van der Waals surface area contributed by atoms with Crippen LogP contribution in [0.3, 0.4) is 0 Å². The Labute approximate surface area is 105 Å². The van der Waals surface area contributed by atoms with Gasteiger partial charge in [0.1, 0.15) is 0 Å². The number of hydrogen-bond donors (Lipinski definition) is 1. The lowest BCUT2D eigenvalue weighted by molar-refractivity contribution is 0.506. The van der Waals surface area contributed by atoms with Crippen LogP contribution in [-0.4, -0.2) is 0 Å². The minimum atomic E-state index is 0.0963. The zero-order valence-electron chi connectivity index (χ0n) is 9.13. The molecule has 1 nitrogen and oxygen atoms in total. The van der Waals surface area contributed by atoms with Crippen LogP contribution in [-0.2, 0) is 0 Å². The van der Waals surface area contributed by atoms with E-state index >= 15 is 0 Å². The van der Waals surface area contributed by atoms with Crippen LogP contribution < -0.4 is 5.73 Å². The summed E-state index contributed by atoms with van der Waals surface area (Å²) < 4.78 is 1.01. The van der Waals surface area contributed by atoms with E-state index < -0.39 is 0 Å².